The van der Waals surface area contributed by atoms with Gasteiger partial charge in [0.25, 0.3) is 0 Å². The van der Waals surface area contributed by atoms with Crippen LogP contribution in [0.3, 0.4) is 0 Å². The van der Waals surface area contributed by atoms with Gasteiger partial charge in [-0.2, -0.15) is 4.31 Å². The Labute approximate surface area is 89.6 Å². The quantitative estimate of drug-likeness (QED) is 0.649. The first-order valence-electron chi connectivity index (χ1n) is 4.75. The average molecular weight is 236 g/mol. The van der Waals surface area contributed by atoms with Gasteiger partial charge in [0.2, 0.25) is 15.9 Å². The van der Waals surface area contributed by atoms with Crippen molar-refractivity contribution < 1.29 is 17.9 Å². The maximum absolute atomic E-state index is 11.3. The third-order valence-corrected chi connectivity index (χ3v) is 4.06. The second-order valence-electron chi connectivity index (χ2n) is 3.41. The van der Waals surface area contributed by atoms with E-state index >= 15 is 0 Å². The first-order chi connectivity index (χ1) is 6.99. The van der Waals surface area contributed by atoms with Crippen LogP contribution >= 0.6 is 0 Å². The van der Waals surface area contributed by atoms with E-state index in [-0.39, 0.29) is 24.3 Å². The number of hydrogen-bond donors (Lipinski definition) is 1. The molecule has 1 amide bonds. The molecule has 1 fully saturated rings. The number of sulfonamides is 1. The number of amides is 1. The number of nitrogens with one attached hydrogen (secondary N) is 1. The summed E-state index contributed by atoms with van der Waals surface area (Å²) in [5.41, 5.74) is 0. The van der Waals surface area contributed by atoms with Crippen molar-refractivity contribution in [3.63, 3.8) is 0 Å². The lowest BCUT2D eigenvalue weighted by atomic mass is 10.2. The van der Waals surface area contributed by atoms with E-state index in [1.165, 1.54) is 11.4 Å². The Morgan fingerprint density at radius 2 is 2.13 bits per heavy atom. The Bertz CT molecular complexity index is 322. The van der Waals surface area contributed by atoms with Crippen molar-refractivity contribution >= 4 is 15.9 Å². The Morgan fingerprint density at radius 3 is 2.60 bits per heavy atom. The molecule has 0 saturated carbocycles. The number of carbonyl (C=O) groups excluding carboxylic acids is 1. The fourth-order valence-corrected chi connectivity index (χ4v) is 2.52. The lowest BCUT2D eigenvalue weighted by Crippen LogP contribution is -2.61. The second-order valence-corrected chi connectivity index (χ2v) is 5.67. The summed E-state index contributed by atoms with van der Waals surface area (Å²) in [6, 6.07) is -0.0750. The van der Waals surface area contributed by atoms with Crippen LogP contribution < -0.4 is 5.32 Å². The summed E-state index contributed by atoms with van der Waals surface area (Å²) in [7, 11) is -1.65. The van der Waals surface area contributed by atoms with Crippen LogP contribution in [0, 0.1) is 0 Å². The van der Waals surface area contributed by atoms with Gasteiger partial charge in [-0.05, 0) is 6.92 Å². The van der Waals surface area contributed by atoms with Crippen LogP contribution in [0.1, 0.15) is 6.92 Å². The Balaban J connectivity index is 2.29. The van der Waals surface area contributed by atoms with Gasteiger partial charge in [0.1, 0.15) is 6.61 Å². The number of methoxy groups -OCH3 is 1. The third kappa shape index (κ3) is 3.15. The highest BCUT2D eigenvalue weighted by Gasteiger charge is 2.35. The zero-order chi connectivity index (χ0) is 11.5. The minimum atomic E-state index is -3.09. The molecule has 0 aliphatic carbocycles. The van der Waals surface area contributed by atoms with Gasteiger partial charge in [0.05, 0.1) is 11.8 Å². The van der Waals surface area contributed by atoms with Gasteiger partial charge in [-0.25, -0.2) is 8.42 Å². The van der Waals surface area contributed by atoms with Crippen molar-refractivity contribution in [1.82, 2.24) is 9.62 Å². The van der Waals surface area contributed by atoms with Crippen molar-refractivity contribution in [2.45, 2.75) is 13.0 Å². The summed E-state index contributed by atoms with van der Waals surface area (Å²) in [6.07, 6.45) is 0. The fourth-order valence-electron chi connectivity index (χ4n) is 1.34. The van der Waals surface area contributed by atoms with E-state index in [1.807, 2.05) is 0 Å². The molecule has 0 aromatic heterocycles. The highest BCUT2D eigenvalue weighted by Crippen LogP contribution is 2.13. The van der Waals surface area contributed by atoms with Gasteiger partial charge >= 0.3 is 0 Å². The minimum absolute atomic E-state index is 0.0109. The van der Waals surface area contributed by atoms with Gasteiger partial charge in [0.15, 0.2) is 0 Å². The van der Waals surface area contributed by atoms with Crippen molar-refractivity contribution in [3.05, 3.63) is 0 Å². The van der Waals surface area contributed by atoms with E-state index in [0.717, 1.165) is 0 Å². The number of nitrogens with zero attached hydrogens (tertiary/aromatic N) is 1. The SMILES string of the molecule is CCS(=O)(=O)N1CC(NC(=O)COC)C1. The Kier molecular flexibility index (Phi) is 4.06. The van der Waals surface area contributed by atoms with E-state index in [4.69, 9.17) is 0 Å². The Morgan fingerprint density at radius 1 is 1.53 bits per heavy atom. The van der Waals surface area contributed by atoms with Crippen LogP contribution in [0.25, 0.3) is 0 Å². The van der Waals surface area contributed by atoms with Gasteiger partial charge in [0, 0.05) is 20.2 Å². The smallest absolute Gasteiger partial charge is 0.246 e. The molecule has 0 bridgehead atoms. The van der Waals surface area contributed by atoms with Gasteiger partial charge < -0.3 is 10.1 Å². The van der Waals surface area contributed by atoms with E-state index in [9.17, 15) is 13.2 Å². The second kappa shape index (κ2) is 4.91. The molecule has 6 nitrogen and oxygen atoms in total. The summed E-state index contributed by atoms with van der Waals surface area (Å²) in [6.45, 7) is 2.35. The zero-order valence-corrected chi connectivity index (χ0v) is 9.71. The van der Waals surface area contributed by atoms with E-state index in [2.05, 4.69) is 10.1 Å². The van der Waals surface area contributed by atoms with Crippen LogP contribution in [0.4, 0.5) is 0 Å². The monoisotopic (exact) mass is 236 g/mol. The number of carbonyl (C=O) groups is 1. The molecule has 1 aliphatic heterocycles. The lowest BCUT2D eigenvalue weighted by molar-refractivity contribution is -0.126. The molecule has 1 N–H and O–H groups in total. The van der Waals surface area contributed by atoms with Crippen LogP contribution in [-0.4, -0.2) is 57.2 Å². The van der Waals surface area contributed by atoms with Crippen molar-refractivity contribution in [3.8, 4) is 0 Å². The Hall–Kier alpha value is -0.660. The minimum Gasteiger partial charge on any atom is -0.375 e. The summed E-state index contributed by atoms with van der Waals surface area (Å²) in [4.78, 5) is 11.1. The lowest BCUT2D eigenvalue weighted by Gasteiger charge is -2.38. The summed E-state index contributed by atoms with van der Waals surface area (Å²) in [5.74, 6) is -0.109. The molecule has 15 heavy (non-hydrogen) atoms. The molecule has 88 valence electrons. The van der Waals surface area contributed by atoms with E-state index in [0.29, 0.717) is 13.1 Å². The fraction of sp³-hybridized carbons (Fsp3) is 0.875. The summed E-state index contributed by atoms with van der Waals surface area (Å²) in [5, 5.41) is 2.67. The first-order valence-corrected chi connectivity index (χ1v) is 6.36. The average Bonchev–Trinajstić information content (AvgIpc) is 2.11. The molecular formula is C8H16N2O4S. The van der Waals surface area contributed by atoms with E-state index < -0.39 is 10.0 Å². The largest absolute Gasteiger partial charge is 0.375 e. The van der Waals surface area contributed by atoms with Crippen LogP contribution in [0.5, 0.6) is 0 Å². The number of hydrogen-bond acceptors (Lipinski definition) is 4. The number of rotatable bonds is 5. The van der Waals surface area contributed by atoms with Crippen LogP contribution in [-0.2, 0) is 19.6 Å². The summed E-state index contributed by atoms with van der Waals surface area (Å²) < 4.78 is 28.7. The van der Waals surface area contributed by atoms with Crippen molar-refractivity contribution in [2.75, 3.05) is 32.6 Å². The van der Waals surface area contributed by atoms with Gasteiger partial charge in [-0.15, -0.1) is 0 Å². The molecular weight excluding hydrogens is 220 g/mol. The van der Waals surface area contributed by atoms with Crippen LogP contribution in [0.2, 0.25) is 0 Å². The molecule has 1 rings (SSSR count). The third-order valence-electron chi connectivity index (χ3n) is 2.25. The maximum Gasteiger partial charge on any atom is 0.246 e. The molecule has 1 saturated heterocycles. The van der Waals surface area contributed by atoms with Crippen molar-refractivity contribution in [2.24, 2.45) is 0 Å². The molecule has 1 heterocycles. The predicted molar refractivity (Wildman–Crippen MR) is 54.8 cm³/mol. The predicted octanol–water partition coefficient (Wildman–Crippen LogP) is -1.22. The maximum atomic E-state index is 11.3. The first kappa shape index (κ1) is 12.4. The molecule has 0 spiro atoms. The molecule has 0 unspecified atom stereocenters. The molecule has 0 radical (unpaired) electrons. The van der Waals surface area contributed by atoms with Gasteiger partial charge in [-0.3, -0.25) is 4.79 Å². The molecule has 0 aromatic rings. The van der Waals surface area contributed by atoms with Gasteiger partial charge in [-0.1, -0.05) is 0 Å². The molecule has 0 atom stereocenters. The standard InChI is InChI=1S/C8H16N2O4S/c1-3-15(12,13)10-4-7(5-10)9-8(11)6-14-2/h7H,3-6H2,1-2H3,(H,9,11). The van der Waals surface area contributed by atoms with Crippen molar-refractivity contribution in [1.29, 1.82) is 0 Å². The molecule has 1 aliphatic rings. The normalized spacial score (nSPS) is 18.5. The summed E-state index contributed by atoms with van der Waals surface area (Å²) >= 11 is 0. The van der Waals surface area contributed by atoms with E-state index in [1.54, 1.807) is 6.92 Å². The zero-order valence-electron chi connectivity index (χ0n) is 8.89. The molecule has 7 heteroatoms. The highest BCUT2D eigenvalue weighted by atomic mass is 32.2. The molecule has 0 aromatic carbocycles. The number of ether oxygens (including phenoxy) is 1. The van der Waals surface area contributed by atoms with Crippen LogP contribution in [0.15, 0.2) is 0 Å². The topological polar surface area (TPSA) is 75.7 Å². The highest BCUT2D eigenvalue weighted by molar-refractivity contribution is 7.89.